The molecule has 2 rings (SSSR count). The molecule has 4 heteroatoms. The molecule has 0 fully saturated rings. The lowest BCUT2D eigenvalue weighted by Gasteiger charge is -2.07. The van der Waals surface area contributed by atoms with Gasteiger partial charge in [-0.15, -0.1) is 0 Å². The van der Waals surface area contributed by atoms with E-state index in [4.69, 9.17) is 11.6 Å². The molecule has 1 atom stereocenters. The zero-order chi connectivity index (χ0) is 13.0. The molecule has 0 aliphatic rings. The molecule has 0 radical (unpaired) electrons. The van der Waals surface area contributed by atoms with Crippen molar-refractivity contribution in [3.05, 3.63) is 63.6 Å². The minimum Gasteiger partial charge on any atom is -0.181 e. The van der Waals surface area contributed by atoms with Crippen molar-refractivity contribution in [1.29, 1.82) is 0 Å². The second-order valence-electron chi connectivity index (χ2n) is 3.89. The Labute approximate surface area is 120 Å². The summed E-state index contributed by atoms with van der Waals surface area (Å²) in [5.74, 6) is 0. The van der Waals surface area contributed by atoms with Crippen LogP contribution in [0.5, 0.6) is 0 Å². The van der Waals surface area contributed by atoms with Gasteiger partial charge < -0.3 is 0 Å². The largest absolute Gasteiger partial charge is 0.181 e. The Morgan fingerprint density at radius 2 is 1.89 bits per heavy atom. The third-order valence-electron chi connectivity index (χ3n) is 2.51. The predicted octanol–water partition coefficient (Wildman–Crippen LogP) is 5.95. The fourth-order valence-electron chi connectivity index (χ4n) is 1.57. The first kappa shape index (κ1) is 13.2. The van der Waals surface area contributed by atoms with E-state index in [9.17, 15) is 0 Å². The van der Waals surface area contributed by atoms with Crippen LogP contribution in [0.3, 0.4) is 0 Å². The van der Waals surface area contributed by atoms with Crippen LogP contribution in [-0.2, 0) is 0 Å². The van der Waals surface area contributed by atoms with Crippen LogP contribution in [0.25, 0.3) is 0 Å². The van der Waals surface area contributed by atoms with E-state index in [1.165, 1.54) is 0 Å². The lowest BCUT2D eigenvalue weighted by atomic mass is 10.1. The highest BCUT2D eigenvalue weighted by molar-refractivity contribution is 9.10. The average Bonchev–Trinajstić information content (AvgIpc) is 2.37. The summed E-state index contributed by atoms with van der Waals surface area (Å²) in [7, 11) is 0. The van der Waals surface area contributed by atoms with Crippen molar-refractivity contribution < 1.29 is 0 Å². The molecule has 0 N–H and O–H groups in total. The molecule has 0 amide bonds. The van der Waals surface area contributed by atoms with Crippen LogP contribution < -0.4 is 0 Å². The van der Waals surface area contributed by atoms with Gasteiger partial charge in [0.1, 0.15) is 0 Å². The van der Waals surface area contributed by atoms with Crippen molar-refractivity contribution in [2.24, 2.45) is 10.2 Å². The lowest BCUT2D eigenvalue weighted by molar-refractivity contribution is 0.764. The summed E-state index contributed by atoms with van der Waals surface area (Å²) in [6.07, 6.45) is 0. The maximum atomic E-state index is 6.12. The Morgan fingerprint density at radius 1 is 1.11 bits per heavy atom. The highest BCUT2D eigenvalue weighted by Gasteiger charge is 2.07. The first-order valence-corrected chi connectivity index (χ1v) is 6.75. The molecule has 1 unspecified atom stereocenters. The van der Waals surface area contributed by atoms with Crippen LogP contribution in [0.1, 0.15) is 18.5 Å². The standard InChI is InChI=1S/C14H12BrClN2/c1-10(13-7-2-3-8-14(13)16)17-18-12-6-4-5-11(15)9-12/h2-10H,1H3. The number of rotatable bonds is 3. The summed E-state index contributed by atoms with van der Waals surface area (Å²) >= 11 is 9.52. The summed E-state index contributed by atoms with van der Waals surface area (Å²) in [6.45, 7) is 1.97. The van der Waals surface area contributed by atoms with Gasteiger partial charge in [-0.1, -0.05) is 51.8 Å². The third-order valence-corrected chi connectivity index (χ3v) is 3.35. The van der Waals surface area contributed by atoms with Gasteiger partial charge in [0.05, 0.1) is 11.7 Å². The number of hydrogen-bond donors (Lipinski definition) is 0. The van der Waals surface area contributed by atoms with Gasteiger partial charge in [0.25, 0.3) is 0 Å². The lowest BCUT2D eigenvalue weighted by Crippen LogP contribution is -1.89. The Morgan fingerprint density at radius 3 is 2.61 bits per heavy atom. The van der Waals surface area contributed by atoms with Crippen LogP contribution >= 0.6 is 27.5 Å². The van der Waals surface area contributed by atoms with Gasteiger partial charge in [-0.25, -0.2) is 0 Å². The second-order valence-corrected chi connectivity index (χ2v) is 5.22. The van der Waals surface area contributed by atoms with Gasteiger partial charge in [0, 0.05) is 9.50 Å². The topological polar surface area (TPSA) is 24.7 Å². The highest BCUT2D eigenvalue weighted by atomic mass is 79.9. The maximum Gasteiger partial charge on any atom is 0.0948 e. The van der Waals surface area contributed by atoms with E-state index < -0.39 is 0 Å². The Hall–Kier alpha value is -1.19. The minimum atomic E-state index is -0.0577. The van der Waals surface area contributed by atoms with Crippen molar-refractivity contribution in [2.75, 3.05) is 0 Å². The molecule has 0 saturated carbocycles. The zero-order valence-corrected chi connectivity index (χ0v) is 12.2. The molecule has 0 bridgehead atoms. The SMILES string of the molecule is CC(N=Nc1cccc(Br)c1)c1ccccc1Cl. The Kier molecular flexibility index (Phi) is 4.50. The van der Waals surface area contributed by atoms with Crippen molar-refractivity contribution in [2.45, 2.75) is 13.0 Å². The van der Waals surface area contributed by atoms with E-state index in [0.29, 0.717) is 0 Å². The predicted molar refractivity (Wildman–Crippen MR) is 78.5 cm³/mol. The minimum absolute atomic E-state index is 0.0577. The van der Waals surface area contributed by atoms with Gasteiger partial charge in [0.15, 0.2) is 0 Å². The molecule has 2 aromatic rings. The maximum absolute atomic E-state index is 6.12. The summed E-state index contributed by atoms with van der Waals surface area (Å²) in [5.41, 5.74) is 1.81. The molecular weight excluding hydrogens is 312 g/mol. The number of halogens is 2. The van der Waals surface area contributed by atoms with E-state index in [-0.39, 0.29) is 6.04 Å². The van der Waals surface area contributed by atoms with Crippen LogP contribution in [0, 0.1) is 0 Å². The summed E-state index contributed by atoms with van der Waals surface area (Å²) in [6, 6.07) is 15.3. The Balaban J connectivity index is 2.17. The van der Waals surface area contributed by atoms with E-state index in [1.807, 2.05) is 55.5 Å². The number of hydrogen-bond acceptors (Lipinski definition) is 2. The van der Waals surface area contributed by atoms with E-state index in [2.05, 4.69) is 26.2 Å². The molecule has 0 heterocycles. The van der Waals surface area contributed by atoms with Crippen LogP contribution in [0.15, 0.2) is 63.2 Å². The molecule has 0 saturated heterocycles. The Bertz CT molecular complexity index is 569. The second kappa shape index (κ2) is 6.12. The first-order valence-electron chi connectivity index (χ1n) is 5.57. The summed E-state index contributed by atoms with van der Waals surface area (Å²) < 4.78 is 0.990. The third kappa shape index (κ3) is 3.40. The fraction of sp³-hybridized carbons (Fsp3) is 0.143. The van der Waals surface area contributed by atoms with Crippen LogP contribution in [0.4, 0.5) is 5.69 Å². The van der Waals surface area contributed by atoms with Gasteiger partial charge >= 0.3 is 0 Å². The number of nitrogens with zero attached hydrogens (tertiary/aromatic N) is 2. The fourth-order valence-corrected chi connectivity index (χ4v) is 2.25. The molecule has 0 aliphatic heterocycles. The van der Waals surface area contributed by atoms with E-state index in [1.54, 1.807) is 0 Å². The monoisotopic (exact) mass is 322 g/mol. The summed E-state index contributed by atoms with van der Waals surface area (Å²) in [4.78, 5) is 0. The number of azo groups is 1. The van der Waals surface area contributed by atoms with Crippen molar-refractivity contribution in [1.82, 2.24) is 0 Å². The van der Waals surface area contributed by atoms with Crippen molar-refractivity contribution >= 4 is 33.2 Å². The average molecular weight is 324 g/mol. The van der Waals surface area contributed by atoms with Gasteiger partial charge in [0.2, 0.25) is 0 Å². The molecule has 0 aromatic heterocycles. The van der Waals surface area contributed by atoms with Crippen LogP contribution in [-0.4, -0.2) is 0 Å². The smallest absolute Gasteiger partial charge is 0.0948 e. The van der Waals surface area contributed by atoms with Gasteiger partial charge in [-0.2, -0.15) is 10.2 Å². The van der Waals surface area contributed by atoms with Crippen LogP contribution in [0.2, 0.25) is 5.02 Å². The quantitative estimate of drug-likeness (QED) is 0.624. The molecule has 18 heavy (non-hydrogen) atoms. The molecule has 2 aromatic carbocycles. The van der Waals surface area contributed by atoms with Gasteiger partial charge in [-0.05, 0) is 36.8 Å². The van der Waals surface area contributed by atoms with Gasteiger partial charge in [-0.3, -0.25) is 0 Å². The zero-order valence-electron chi connectivity index (χ0n) is 9.85. The highest BCUT2D eigenvalue weighted by Crippen LogP contribution is 2.27. The van der Waals surface area contributed by atoms with Crippen molar-refractivity contribution in [3.63, 3.8) is 0 Å². The first-order chi connectivity index (χ1) is 8.66. The molecule has 2 nitrogen and oxygen atoms in total. The molecule has 0 spiro atoms. The van der Waals surface area contributed by atoms with E-state index >= 15 is 0 Å². The van der Waals surface area contributed by atoms with Crippen molar-refractivity contribution in [3.8, 4) is 0 Å². The molecular formula is C14H12BrClN2. The molecule has 92 valence electrons. The van der Waals surface area contributed by atoms with E-state index in [0.717, 1.165) is 20.7 Å². The number of benzene rings is 2. The summed E-state index contributed by atoms with van der Waals surface area (Å²) in [5, 5.41) is 9.23. The normalized spacial score (nSPS) is 12.8. The molecule has 0 aliphatic carbocycles.